The Morgan fingerprint density at radius 1 is 1.15 bits per heavy atom. The number of aryl methyl sites for hydroxylation is 1. The fourth-order valence-corrected chi connectivity index (χ4v) is 4.63. The van der Waals surface area contributed by atoms with Crippen molar-refractivity contribution in [2.45, 2.75) is 13.8 Å². The molecule has 1 fully saturated rings. The summed E-state index contributed by atoms with van der Waals surface area (Å²) in [6.45, 7) is 9.05. The van der Waals surface area contributed by atoms with Gasteiger partial charge in [0, 0.05) is 56.0 Å². The first-order valence-electron chi connectivity index (χ1n) is 13.3. The van der Waals surface area contributed by atoms with Crippen LogP contribution in [0, 0.1) is 12.7 Å². The molecule has 40 heavy (non-hydrogen) atoms. The minimum absolute atomic E-state index is 0.0238. The van der Waals surface area contributed by atoms with E-state index in [2.05, 4.69) is 25.6 Å². The van der Waals surface area contributed by atoms with Crippen LogP contribution in [0.5, 0.6) is 17.4 Å². The molecule has 3 heterocycles. The molecule has 0 spiro atoms. The van der Waals surface area contributed by atoms with Gasteiger partial charge >= 0.3 is 0 Å². The van der Waals surface area contributed by atoms with Gasteiger partial charge < -0.3 is 24.8 Å². The third-order valence-corrected chi connectivity index (χ3v) is 6.75. The summed E-state index contributed by atoms with van der Waals surface area (Å²) in [4.78, 5) is 19.4. The van der Waals surface area contributed by atoms with Gasteiger partial charge in [-0.2, -0.15) is 0 Å². The standard InChI is InChI=1S/C29H33FN6O4/c1-4-31-29(37)22-7-5-20(15-19(22)2)25-18-33-28-24(32-9-10-35-11-13-39-14-12-35)17-27(34-36(25)28)40-26-8-6-21(38-3)16-23(26)30/h5-8,15-18,32H,4,9-14H2,1-3H3,(H,31,37). The van der Waals surface area contributed by atoms with E-state index < -0.39 is 5.82 Å². The van der Waals surface area contributed by atoms with Crippen molar-refractivity contribution in [3.63, 3.8) is 0 Å². The minimum atomic E-state index is -0.564. The minimum Gasteiger partial charge on any atom is -0.497 e. The number of methoxy groups -OCH3 is 1. The average molecular weight is 549 g/mol. The third kappa shape index (κ3) is 6.00. The fourth-order valence-electron chi connectivity index (χ4n) is 4.63. The van der Waals surface area contributed by atoms with E-state index in [1.54, 1.807) is 28.9 Å². The summed E-state index contributed by atoms with van der Waals surface area (Å²) < 4.78 is 32.8. The second kappa shape index (κ2) is 12.3. The van der Waals surface area contributed by atoms with Gasteiger partial charge in [-0.25, -0.2) is 13.9 Å². The molecule has 210 valence electrons. The number of anilines is 1. The number of aromatic nitrogens is 3. The first-order valence-corrected chi connectivity index (χ1v) is 13.3. The number of nitrogens with zero attached hydrogens (tertiary/aromatic N) is 4. The van der Waals surface area contributed by atoms with Crippen LogP contribution < -0.4 is 20.1 Å². The molecule has 2 aromatic carbocycles. The van der Waals surface area contributed by atoms with E-state index in [4.69, 9.17) is 14.2 Å². The highest BCUT2D eigenvalue weighted by molar-refractivity contribution is 5.96. The Bertz CT molecular complexity index is 1500. The smallest absolute Gasteiger partial charge is 0.251 e. The van der Waals surface area contributed by atoms with Crippen LogP contribution in [0.4, 0.5) is 10.1 Å². The number of carbonyl (C=O) groups is 1. The fraction of sp³-hybridized carbons (Fsp3) is 0.345. The normalized spacial score (nSPS) is 13.8. The van der Waals surface area contributed by atoms with Crippen LogP contribution in [0.2, 0.25) is 0 Å². The van der Waals surface area contributed by atoms with E-state index in [1.165, 1.54) is 19.2 Å². The largest absolute Gasteiger partial charge is 0.497 e. The lowest BCUT2D eigenvalue weighted by molar-refractivity contribution is 0.0398. The van der Waals surface area contributed by atoms with Crippen molar-refractivity contribution in [2.75, 3.05) is 58.4 Å². The maximum atomic E-state index is 14.7. The Balaban J connectivity index is 1.49. The number of carbonyl (C=O) groups excluding carboxylic acids is 1. The van der Waals surface area contributed by atoms with Crippen molar-refractivity contribution in [3.05, 3.63) is 65.6 Å². The zero-order valence-corrected chi connectivity index (χ0v) is 22.9. The molecule has 1 amide bonds. The average Bonchev–Trinajstić information content (AvgIpc) is 3.39. The predicted molar refractivity (Wildman–Crippen MR) is 150 cm³/mol. The highest BCUT2D eigenvalue weighted by Gasteiger charge is 2.18. The molecule has 0 bridgehead atoms. The number of fused-ring (bicyclic) bond motifs is 1. The summed E-state index contributed by atoms with van der Waals surface area (Å²) in [7, 11) is 1.48. The zero-order valence-electron chi connectivity index (χ0n) is 22.9. The van der Waals surface area contributed by atoms with Crippen LogP contribution in [0.1, 0.15) is 22.8 Å². The summed E-state index contributed by atoms with van der Waals surface area (Å²) in [6.07, 6.45) is 1.73. The molecule has 1 aliphatic rings. The zero-order chi connectivity index (χ0) is 28.1. The van der Waals surface area contributed by atoms with E-state index >= 15 is 0 Å². The predicted octanol–water partition coefficient (Wildman–Crippen LogP) is 4.14. The summed E-state index contributed by atoms with van der Waals surface area (Å²) in [6, 6.07) is 11.7. The second-order valence-electron chi connectivity index (χ2n) is 9.44. The maximum Gasteiger partial charge on any atom is 0.251 e. The summed E-state index contributed by atoms with van der Waals surface area (Å²) >= 11 is 0. The van der Waals surface area contributed by atoms with E-state index in [9.17, 15) is 9.18 Å². The van der Waals surface area contributed by atoms with Gasteiger partial charge in [-0.15, -0.1) is 5.10 Å². The number of amides is 1. The SMILES string of the molecule is CCNC(=O)c1ccc(-c2cnc3c(NCCN4CCOCC4)cc(Oc4ccc(OC)cc4F)nn23)cc1C. The Kier molecular flexibility index (Phi) is 8.42. The van der Waals surface area contributed by atoms with Crippen LogP contribution in [0.3, 0.4) is 0 Å². The van der Waals surface area contributed by atoms with Crippen LogP contribution >= 0.6 is 0 Å². The summed E-state index contributed by atoms with van der Waals surface area (Å²) in [5.74, 6) is -0.0737. The number of benzene rings is 2. The Labute approximate surface area is 232 Å². The molecule has 2 N–H and O–H groups in total. The molecule has 0 radical (unpaired) electrons. The van der Waals surface area contributed by atoms with Gasteiger partial charge in [0.05, 0.1) is 37.9 Å². The molecule has 4 aromatic rings. The van der Waals surface area contributed by atoms with Gasteiger partial charge in [-0.1, -0.05) is 6.07 Å². The third-order valence-electron chi connectivity index (χ3n) is 6.75. The monoisotopic (exact) mass is 548 g/mol. The molecule has 0 saturated carbocycles. The molecule has 0 unspecified atom stereocenters. The molecule has 10 nitrogen and oxygen atoms in total. The van der Waals surface area contributed by atoms with Crippen molar-refractivity contribution in [1.29, 1.82) is 0 Å². The molecule has 1 aliphatic heterocycles. The van der Waals surface area contributed by atoms with E-state index in [0.29, 0.717) is 41.4 Å². The van der Waals surface area contributed by atoms with Gasteiger partial charge in [0.1, 0.15) is 5.75 Å². The maximum absolute atomic E-state index is 14.7. The number of imidazole rings is 1. The summed E-state index contributed by atoms with van der Waals surface area (Å²) in [5, 5.41) is 10.9. The molecule has 1 saturated heterocycles. The molecule has 0 atom stereocenters. The van der Waals surface area contributed by atoms with Crippen molar-refractivity contribution in [2.24, 2.45) is 0 Å². The Morgan fingerprint density at radius 2 is 1.98 bits per heavy atom. The molecule has 0 aliphatic carbocycles. The topological polar surface area (TPSA) is 102 Å². The molecule has 2 aromatic heterocycles. The molecular formula is C29H33FN6O4. The van der Waals surface area contributed by atoms with Gasteiger partial charge in [-0.05, 0) is 43.7 Å². The quantitative estimate of drug-likeness (QED) is 0.305. The number of nitrogens with one attached hydrogen (secondary N) is 2. The number of hydrogen-bond acceptors (Lipinski definition) is 8. The first kappa shape index (κ1) is 27.4. The van der Waals surface area contributed by atoms with Crippen molar-refractivity contribution in [1.82, 2.24) is 24.8 Å². The number of hydrogen-bond donors (Lipinski definition) is 2. The van der Waals surface area contributed by atoms with E-state index in [-0.39, 0.29) is 17.5 Å². The molecule has 11 heteroatoms. The van der Waals surface area contributed by atoms with Crippen molar-refractivity contribution < 1.29 is 23.4 Å². The lowest BCUT2D eigenvalue weighted by Crippen LogP contribution is -2.39. The van der Waals surface area contributed by atoms with Crippen LogP contribution in [-0.2, 0) is 4.74 Å². The van der Waals surface area contributed by atoms with Gasteiger partial charge in [0.2, 0.25) is 5.88 Å². The van der Waals surface area contributed by atoms with Crippen LogP contribution in [-0.4, -0.2) is 78.5 Å². The van der Waals surface area contributed by atoms with Gasteiger partial charge in [0.15, 0.2) is 17.2 Å². The second-order valence-corrected chi connectivity index (χ2v) is 9.44. The number of rotatable bonds is 10. The Hall–Kier alpha value is -4.22. The first-order chi connectivity index (χ1) is 19.5. The summed E-state index contributed by atoms with van der Waals surface area (Å²) in [5.41, 5.74) is 4.28. The van der Waals surface area contributed by atoms with E-state index in [1.807, 2.05) is 26.0 Å². The number of ether oxygens (including phenoxy) is 3. The highest BCUT2D eigenvalue weighted by atomic mass is 19.1. The molecule has 5 rings (SSSR count). The van der Waals surface area contributed by atoms with Crippen LogP contribution in [0.15, 0.2) is 48.7 Å². The van der Waals surface area contributed by atoms with Crippen LogP contribution in [0.25, 0.3) is 16.9 Å². The lowest BCUT2D eigenvalue weighted by Gasteiger charge is -2.26. The lowest BCUT2D eigenvalue weighted by atomic mass is 10.0. The van der Waals surface area contributed by atoms with Gasteiger partial charge in [-0.3, -0.25) is 9.69 Å². The van der Waals surface area contributed by atoms with Crippen molar-refractivity contribution >= 4 is 17.2 Å². The van der Waals surface area contributed by atoms with E-state index in [0.717, 1.165) is 44.0 Å². The highest BCUT2D eigenvalue weighted by Crippen LogP contribution is 2.31. The number of morpholine rings is 1. The van der Waals surface area contributed by atoms with Gasteiger partial charge in [0.25, 0.3) is 5.91 Å². The molecular weight excluding hydrogens is 515 g/mol. The van der Waals surface area contributed by atoms with Crippen molar-refractivity contribution in [3.8, 4) is 28.6 Å². The number of halogens is 1. The Morgan fingerprint density at radius 3 is 2.70 bits per heavy atom.